The van der Waals surface area contributed by atoms with Crippen molar-refractivity contribution in [2.24, 2.45) is 0 Å². The SMILES string of the molecule is Cc1nc[nH]c1Cc1cccc2ccc(C#N)cc12. The summed E-state index contributed by atoms with van der Waals surface area (Å²) in [5.41, 5.74) is 4.05. The molecule has 0 bridgehead atoms. The molecule has 2 aromatic carbocycles. The molecule has 0 fully saturated rings. The van der Waals surface area contributed by atoms with Crippen LogP contribution in [0.25, 0.3) is 10.8 Å². The highest BCUT2D eigenvalue weighted by molar-refractivity contribution is 5.87. The Labute approximate surface area is 111 Å². The Kier molecular flexibility index (Phi) is 2.77. The first-order valence-corrected chi connectivity index (χ1v) is 6.18. The summed E-state index contributed by atoms with van der Waals surface area (Å²) in [6.45, 7) is 2.00. The van der Waals surface area contributed by atoms with Crippen LogP contribution in [0.1, 0.15) is 22.5 Å². The van der Waals surface area contributed by atoms with E-state index in [2.05, 4.69) is 34.2 Å². The average molecular weight is 247 g/mol. The molecule has 0 unspecified atom stereocenters. The fourth-order valence-corrected chi connectivity index (χ4v) is 2.32. The van der Waals surface area contributed by atoms with Gasteiger partial charge in [-0.05, 0) is 35.4 Å². The number of hydrogen-bond acceptors (Lipinski definition) is 2. The number of H-pyrrole nitrogens is 1. The Morgan fingerprint density at radius 3 is 2.89 bits per heavy atom. The molecular weight excluding hydrogens is 234 g/mol. The molecule has 92 valence electrons. The molecule has 0 amide bonds. The van der Waals surface area contributed by atoms with E-state index in [0.717, 1.165) is 28.6 Å². The molecule has 0 aliphatic rings. The van der Waals surface area contributed by atoms with Crippen molar-refractivity contribution < 1.29 is 0 Å². The van der Waals surface area contributed by atoms with Gasteiger partial charge in [-0.25, -0.2) is 4.98 Å². The van der Waals surface area contributed by atoms with E-state index in [1.54, 1.807) is 6.33 Å². The number of nitrogens with zero attached hydrogens (tertiary/aromatic N) is 2. The maximum atomic E-state index is 9.02. The van der Waals surface area contributed by atoms with Crippen LogP contribution in [0.2, 0.25) is 0 Å². The first-order chi connectivity index (χ1) is 9.28. The van der Waals surface area contributed by atoms with Crippen LogP contribution in [-0.2, 0) is 6.42 Å². The largest absolute Gasteiger partial charge is 0.348 e. The summed E-state index contributed by atoms with van der Waals surface area (Å²) >= 11 is 0. The first-order valence-electron chi connectivity index (χ1n) is 6.18. The third kappa shape index (κ3) is 2.09. The number of aromatic nitrogens is 2. The minimum absolute atomic E-state index is 0.696. The van der Waals surface area contributed by atoms with Gasteiger partial charge in [0, 0.05) is 12.1 Å². The molecule has 3 rings (SSSR count). The third-order valence-corrected chi connectivity index (χ3v) is 3.40. The van der Waals surface area contributed by atoms with Crippen molar-refractivity contribution in [1.29, 1.82) is 5.26 Å². The molecule has 0 aliphatic carbocycles. The number of imidazole rings is 1. The second-order valence-electron chi connectivity index (χ2n) is 4.61. The maximum Gasteiger partial charge on any atom is 0.0991 e. The summed E-state index contributed by atoms with van der Waals surface area (Å²) in [4.78, 5) is 7.39. The van der Waals surface area contributed by atoms with Crippen LogP contribution in [-0.4, -0.2) is 9.97 Å². The van der Waals surface area contributed by atoms with Gasteiger partial charge in [0.1, 0.15) is 0 Å². The Hall–Kier alpha value is -2.60. The Balaban J connectivity index is 2.13. The summed E-state index contributed by atoms with van der Waals surface area (Å²) in [7, 11) is 0. The zero-order valence-corrected chi connectivity index (χ0v) is 10.6. The molecule has 0 aliphatic heterocycles. The number of benzene rings is 2. The molecule has 0 saturated carbocycles. The van der Waals surface area contributed by atoms with Gasteiger partial charge in [-0.1, -0.05) is 24.3 Å². The van der Waals surface area contributed by atoms with Crippen LogP contribution in [0.5, 0.6) is 0 Å². The van der Waals surface area contributed by atoms with Crippen molar-refractivity contribution >= 4 is 10.8 Å². The average Bonchev–Trinajstić information content (AvgIpc) is 2.84. The Bertz CT molecular complexity index is 778. The minimum Gasteiger partial charge on any atom is -0.348 e. The molecule has 3 aromatic rings. The fourth-order valence-electron chi connectivity index (χ4n) is 2.32. The van der Waals surface area contributed by atoms with Gasteiger partial charge in [0.2, 0.25) is 0 Å². The second kappa shape index (κ2) is 4.58. The molecule has 1 heterocycles. The lowest BCUT2D eigenvalue weighted by molar-refractivity contribution is 1.09. The molecule has 1 aromatic heterocycles. The molecule has 0 atom stereocenters. The van der Waals surface area contributed by atoms with Crippen molar-refractivity contribution in [3.05, 3.63) is 65.2 Å². The molecule has 19 heavy (non-hydrogen) atoms. The lowest BCUT2D eigenvalue weighted by Crippen LogP contribution is -1.93. The molecule has 3 heteroatoms. The molecule has 3 nitrogen and oxygen atoms in total. The lowest BCUT2D eigenvalue weighted by atomic mass is 9.99. The van der Waals surface area contributed by atoms with E-state index in [9.17, 15) is 0 Å². The van der Waals surface area contributed by atoms with Gasteiger partial charge < -0.3 is 4.98 Å². The number of hydrogen-bond donors (Lipinski definition) is 1. The number of nitrogens with one attached hydrogen (secondary N) is 1. The first kappa shape index (κ1) is 11.5. The van der Waals surface area contributed by atoms with Crippen molar-refractivity contribution in [2.75, 3.05) is 0 Å². The third-order valence-electron chi connectivity index (χ3n) is 3.40. The van der Waals surface area contributed by atoms with E-state index in [4.69, 9.17) is 5.26 Å². The van der Waals surface area contributed by atoms with Crippen molar-refractivity contribution in [2.45, 2.75) is 13.3 Å². The molecule has 0 spiro atoms. The molecule has 0 radical (unpaired) electrons. The monoisotopic (exact) mass is 247 g/mol. The van der Waals surface area contributed by atoms with Crippen LogP contribution in [0.3, 0.4) is 0 Å². The standard InChI is InChI=1S/C16H13N3/c1-11-16(19-10-18-11)8-14-4-2-3-13-6-5-12(9-17)7-15(13)14/h2-7,10H,8H2,1H3,(H,18,19). The number of fused-ring (bicyclic) bond motifs is 1. The van der Waals surface area contributed by atoms with Crippen molar-refractivity contribution in [3.8, 4) is 6.07 Å². The predicted molar refractivity (Wildman–Crippen MR) is 74.8 cm³/mol. The van der Waals surface area contributed by atoms with Gasteiger partial charge >= 0.3 is 0 Å². The summed E-state index contributed by atoms with van der Waals surface area (Å²) in [6, 6.07) is 14.2. The summed E-state index contributed by atoms with van der Waals surface area (Å²) in [5, 5.41) is 11.3. The molecular formula is C16H13N3. The summed E-state index contributed by atoms with van der Waals surface area (Å²) in [6.07, 6.45) is 2.52. The highest BCUT2D eigenvalue weighted by Gasteiger charge is 2.06. The summed E-state index contributed by atoms with van der Waals surface area (Å²) in [5.74, 6) is 0. The highest BCUT2D eigenvalue weighted by atomic mass is 14.9. The van der Waals surface area contributed by atoms with Crippen LogP contribution in [0, 0.1) is 18.3 Å². The second-order valence-corrected chi connectivity index (χ2v) is 4.61. The smallest absolute Gasteiger partial charge is 0.0991 e. The van der Waals surface area contributed by atoms with E-state index in [1.807, 2.05) is 25.1 Å². The van der Waals surface area contributed by atoms with Crippen molar-refractivity contribution in [1.82, 2.24) is 9.97 Å². The Morgan fingerprint density at radius 1 is 1.26 bits per heavy atom. The van der Waals surface area contributed by atoms with Gasteiger partial charge in [0.05, 0.1) is 23.7 Å². The predicted octanol–water partition coefficient (Wildman–Crippen LogP) is 3.33. The van der Waals surface area contributed by atoms with Crippen LogP contribution < -0.4 is 0 Å². The van der Waals surface area contributed by atoms with Gasteiger partial charge in [-0.15, -0.1) is 0 Å². The lowest BCUT2D eigenvalue weighted by Gasteiger charge is -2.06. The van der Waals surface area contributed by atoms with Crippen LogP contribution in [0.15, 0.2) is 42.7 Å². The summed E-state index contributed by atoms with van der Waals surface area (Å²) < 4.78 is 0. The van der Waals surface area contributed by atoms with Crippen LogP contribution >= 0.6 is 0 Å². The normalized spacial score (nSPS) is 10.5. The maximum absolute atomic E-state index is 9.02. The van der Waals surface area contributed by atoms with Crippen LogP contribution in [0.4, 0.5) is 0 Å². The zero-order chi connectivity index (χ0) is 13.2. The van der Waals surface area contributed by atoms with Crippen molar-refractivity contribution in [3.63, 3.8) is 0 Å². The van der Waals surface area contributed by atoms with E-state index in [1.165, 1.54) is 5.56 Å². The van der Waals surface area contributed by atoms with Gasteiger partial charge in [-0.2, -0.15) is 5.26 Å². The highest BCUT2D eigenvalue weighted by Crippen LogP contribution is 2.22. The number of nitriles is 1. The van der Waals surface area contributed by atoms with Gasteiger partial charge in [0.15, 0.2) is 0 Å². The van der Waals surface area contributed by atoms with E-state index >= 15 is 0 Å². The fraction of sp³-hybridized carbons (Fsp3) is 0.125. The van der Waals surface area contributed by atoms with E-state index in [-0.39, 0.29) is 0 Å². The van der Waals surface area contributed by atoms with E-state index in [0.29, 0.717) is 5.56 Å². The van der Waals surface area contributed by atoms with Gasteiger partial charge in [-0.3, -0.25) is 0 Å². The number of aryl methyl sites for hydroxylation is 1. The Morgan fingerprint density at radius 2 is 2.16 bits per heavy atom. The number of aromatic amines is 1. The van der Waals surface area contributed by atoms with Gasteiger partial charge in [0.25, 0.3) is 0 Å². The minimum atomic E-state index is 0.696. The number of rotatable bonds is 2. The topological polar surface area (TPSA) is 52.5 Å². The quantitative estimate of drug-likeness (QED) is 0.755. The van der Waals surface area contributed by atoms with E-state index < -0.39 is 0 Å². The molecule has 1 N–H and O–H groups in total. The zero-order valence-electron chi connectivity index (χ0n) is 10.6. The molecule has 0 saturated heterocycles.